The Bertz CT molecular complexity index is 1180. The van der Waals surface area contributed by atoms with Gasteiger partial charge in [0.2, 0.25) is 20.0 Å². The van der Waals surface area contributed by atoms with Gasteiger partial charge < -0.3 is 0 Å². The lowest BCUT2D eigenvalue weighted by molar-refractivity contribution is 0.0942. The van der Waals surface area contributed by atoms with Gasteiger partial charge in [0.05, 0.1) is 16.3 Å². The second kappa shape index (κ2) is 8.22. The van der Waals surface area contributed by atoms with Crippen LogP contribution in [-0.2, 0) is 20.0 Å². The van der Waals surface area contributed by atoms with E-state index in [0.29, 0.717) is 13.1 Å². The molecule has 0 unspecified atom stereocenters. The van der Waals surface area contributed by atoms with Crippen LogP contribution in [0.3, 0.4) is 0 Å². The molecular formula is C19H26N4O5S2. The Hall–Kier alpha value is -2.08. The first kappa shape index (κ1) is 22.6. The SMILES string of the molecule is Cc1nn(C(=O)c2cccc(S(=O)(=O)N(C)C)c2)c(C)c1S(=O)(=O)N1CCCCC1. The summed E-state index contributed by atoms with van der Waals surface area (Å²) < 4.78 is 54.6. The van der Waals surface area contributed by atoms with Crippen molar-refractivity contribution in [1.82, 2.24) is 18.4 Å². The molecule has 0 atom stereocenters. The molecule has 2 aromatic rings. The topological polar surface area (TPSA) is 110 Å². The number of hydrogen-bond acceptors (Lipinski definition) is 6. The molecule has 0 bridgehead atoms. The molecule has 0 spiro atoms. The highest BCUT2D eigenvalue weighted by Crippen LogP contribution is 2.27. The molecule has 1 aromatic carbocycles. The van der Waals surface area contributed by atoms with Crippen molar-refractivity contribution >= 4 is 26.0 Å². The number of hydrogen-bond donors (Lipinski definition) is 0. The number of aryl methyl sites for hydroxylation is 1. The largest absolute Gasteiger partial charge is 0.278 e. The maximum absolute atomic E-state index is 13.1. The van der Waals surface area contributed by atoms with Gasteiger partial charge in [0.15, 0.2) is 0 Å². The van der Waals surface area contributed by atoms with Crippen molar-refractivity contribution in [2.24, 2.45) is 0 Å². The number of carbonyl (C=O) groups excluding carboxylic acids is 1. The number of sulfonamides is 2. The van der Waals surface area contributed by atoms with Gasteiger partial charge in [-0.1, -0.05) is 12.5 Å². The summed E-state index contributed by atoms with van der Waals surface area (Å²) in [7, 11) is -4.67. The molecule has 1 aromatic heterocycles. The van der Waals surface area contributed by atoms with Gasteiger partial charge in [-0.3, -0.25) is 4.79 Å². The summed E-state index contributed by atoms with van der Waals surface area (Å²) in [4.78, 5) is 13.1. The van der Waals surface area contributed by atoms with Crippen LogP contribution in [0.4, 0.5) is 0 Å². The van der Waals surface area contributed by atoms with Crippen LogP contribution < -0.4 is 0 Å². The van der Waals surface area contributed by atoms with Crippen molar-refractivity contribution in [3.05, 3.63) is 41.2 Å². The Balaban J connectivity index is 2.03. The van der Waals surface area contributed by atoms with Crippen molar-refractivity contribution in [3.63, 3.8) is 0 Å². The van der Waals surface area contributed by atoms with Gasteiger partial charge in [-0.15, -0.1) is 0 Å². The summed E-state index contributed by atoms with van der Waals surface area (Å²) in [6, 6.07) is 5.62. The minimum atomic E-state index is -3.77. The van der Waals surface area contributed by atoms with E-state index in [2.05, 4.69) is 5.10 Å². The first-order valence-electron chi connectivity index (χ1n) is 9.61. The van der Waals surface area contributed by atoms with E-state index in [1.165, 1.54) is 49.6 Å². The van der Waals surface area contributed by atoms with E-state index in [-0.39, 0.29) is 26.7 Å². The molecule has 3 rings (SSSR count). The van der Waals surface area contributed by atoms with E-state index in [9.17, 15) is 21.6 Å². The molecule has 0 amide bonds. The normalized spacial score (nSPS) is 16.2. The van der Waals surface area contributed by atoms with E-state index >= 15 is 0 Å². The number of nitrogens with zero attached hydrogens (tertiary/aromatic N) is 4. The van der Waals surface area contributed by atoms with Gasteiger partial charge in [-0.05, 0) is 44.9 Å². The molecule has 11 heteroatoms. The van der Waals surface area contributed by atoms with Gasteiger partial charge in [-0.2, -0.15) is 14.1 Å². The molecule has 0 N–H and O–H groups in total. The highest BCUT2D eigenvalue weighted by molar-refractivity contribution is 7.89. The quantitative estimate of drug-likeness (QED) is 0.679. The molecule has 2 heterocycles. The third-order valence-corrected chi connectivity index (χ3v) is 9.15. The predicted molar refractivity (Wildman–Crippen MR) is 111 cm³/mol. The van der Waals surface area contributed by atoms with E-state index < -0.39 is 26.0 Å². The zero-order valence-electron chi connectivity index (χ0n) is 17.5. The Morgan fingerprint density at radius 1 is 1.03 bits per heavy atom. The zero-order chi connectivity index (χ0) is 22.3. The molecule has 1 fully saturated rings. The Morgan fingerprint density at radius 2 is 1.67 bits per heavy atom. The maximum atomic E-state index is 13.1. The Kier molecular flexibility index (Phi) is 6.19. The lowest BCUT2D eigenvalue weighted by Crippen LogP contribution is -2.36. The molecule has 1 saturated heterocycles. The minimum absolute atomic E-state index is 0.0268. The minimum Gasteiger partial charge on any atom is -0.267 e. The fraction of sp³-hybridized carbons (Fsp3) is 0.474. The summed E-state index contributed by atoms with van der Waals surface area (Å²) in [5, 5.41) is 4.18. The van der Waals surface area contributed by atoms with Crippen molar-refractivity contribution in [1.29, 1.82) is 0 Å². The molecule has 1 aliphatic rings. The third-order valence-electron chi connectivity index (χ3n) is 5.19. The lowest BCUT2D eigenvalue weighted by atomic mass is 10.2. The summed E-state index contributed by atoms with van der Waals surface area (Å²) in [5.74, 6) is -0.591. The van der Waals surface area contributed by atoms with Crippen LogP contribution in [0.1, 0.15) is 41.0 Å². The lowest BCUT2D eigenvalue weighted by Gasteiger charge is -2.25. The van der Waals surface area contributed by atoms with Crippen LogP contribution in [0, 0.1) is 13.8 Å². The van der Waals surface area contributed by atoms with Crippen LogP contribution >= 0.6 is 0 Å². The van der Waals surface area contributed by atoms with Gasteiger partial charge in [-0.25, -0.2) is 21.1 Å². The Morgan fingerprint density at radius 3 is 2.27 bits per heavy atom. The average Bonchev–Trinajstić information content (AvgIpc) is 3.02. The smallest absolute Gasteiger partial charge is 0.267 e. The van der Waals surface area contributed by atoms with Crippen molar-refractivity contribution in [2.45, 2.75) is 42.9 Å². The summed E-state index contributed by atoms with van der Waals surface area (Å²) >= 11 is 0. The molecule has 0 radical (unpaired) electrons. The van der Waals surface area contributed by atoms with Crippen molar-refractivity contribution in [2.75, 3.05) is 27.2 Å². The number of rotatable bonds is 5. The first-order valence-corrected chi connectivity index (χ1v) is 12.5. The van der Waals surface area contributed by atoms with Crippen LogP contribution in [-0.4, -0.2) is 68.3 Å². The molecule has 0 saturated carbocycles. The van der Waals surface area contributed by atoms with Gasteiger partial charge >= 0.3 is 0 Å². The molecular weight excluding hydrogens is 428 g/mol. The Labute approximate surface area is 177 Å². The maximum Gasteiger partial charge on any atom is 0.278 e. The monoisotopic (exact) mass is 454 g/mol. The van der Waals surface area contributed by atoms with Gasteiger partial charge in [0, 0.05) is 32.7 Å². The van der Waals surface area contributed by atoms with E-state index in [0.717, 1.165) is 28.2 Å². The average molecular weight is 455 g/mol. The van der Waals surface area contributed by atoms with E-state index in [1.54, 1.807) is 6.92 Å². The molecule has 30 heavy (non-hydrogen) atoms. The molecule has 9 nitrogen and oxygen atoms in total. The third kappa shape index (κ3) is 3.94. The zero-order valence-corrected chi connectivity index (χ0v) is 19.1. The molecule has 0 aliphatic carbocycles. The van der Waals surface area contributed by atoms with Crippen molar-refractivity contribution < 1.29 is 21.6 Å². The van der Waals surface area contributed by atoms with Crippen LogP contribution in [0.2, 0.25) is 0 Å². The number of aromatic nitrogens is 2. The predicted octanol–water partition coefficient (Wildman–Crippen LogP) is 1.61. The standard InChI is InChI=1S/C19H26N4O5S2/c1-14-18(30(27,28)22-11-6-5-7-12-22)15(2)23(20-14)19(24)16-9-8-10-17(13-16)29(25,26)21(3)4/h8-10,13H,5-7,11-12H2,1-4H3. The number of piperidine rings is 1. The number of benzene rings is 1. The second-order valence-corrected chi connectivity index (χ2v) is 11.5. The molecule has 164 valence electrons. The first-order chi connectivity index (χ1) is 14.0. The second-order valence-electron chi connectivity index (χ2n) is 7.50. The fourth-order valence-electron chi connectivity index (χ4n) is 3.56. The summed E-state index contributed by atoms with van der Waals surface area (Å²) in [5.41, 5.74) is 0.554. The fourth-order valence-corrected chi connectivity index (χ4v) is 6.38. The summed E-state index contributed by atoms with van der Waals surface area (Å²) in [6.07, 6.45) is 2.60. The highest BCUT2D eigenvalue weighted by Gasteiger charge is 2.33. The van der Waals surface area contributed by atoms with Crippen LogP contribution in [0.25, 0.3) is 0 Å². The van der Waals surface area contributed by atoms with Gasteiger partial charge in [0.25, 0.3) is 5.91 Å². The van der Waals surface area contributed by atoms with E-state index in [1.807, 2.05) is 0 Å². The molecule has 1 aliphatic heterocycles. The van der Waals surface area contributed by atoms with Crippen LogP contribution in [0.15, 0.2) is 34.1 Å². The van der Waals surface area contributed by atoms with Gasteiger partial charge in [0.1, 0.15) is 4.90 Å². The highest BCUT2D eigenvalue weighted by atomic mass is 32.2. The van der Waals surface area contributed by atoms with E-state index in [4.69, 9.17) is 0 Å². The number of carbonyl (C=O) groups is 1. The van der Waals surface area contributed by atoms with Crippen LogP contribution in [0.5, 0.6) is 0 Å². The van der Waals surface area contributed by atoms with Crippen molar-refractivity contribution in [3.8, 4) is 0 Å². The summed E-state index contributed by atoms with van der Waals surface area (Å²) in [6.45, 7) is 3.99.